The van der Waals surface area contributed by atoms with Crippen LogP contribution in [0.25, 0.3) is 10.1 Å². The van der Waals surface area contributed by atoms with Crippen molar-refractivity contribution in [2.75, 3.05) is 0 Å². The Morgan fingerprint density at radius 1 is 1.40 bits per heavy atom. The van der Waals surface area contributed by atoms with Crippen LogP contribution in [0.3, 0.4) is 0 Å². The molecular formula is C14H17NO3S2. The number of thiophene rings is 1. The Morgan fingerprint density at radius 2 is 2.10 bits per heavy atom. The van der Waals surface area contributed by atoms with Gasteiger partial charge in [0.1, 0.15) is 4.90 Å². The summed E-state index contributed by atoms with van der Waals surface area (Å²) in [7, 11) is -3.59. The zero-order chi connectivity index (χ0) is 14.3. The lowest BCUT2D eigenvalue weighted by Crippen LogP contribution is -2.34. The van der Waals surface area contributed by atoms with Crippen molar-refractivity contribution in [3.05, 3.63) is 29.1 Å². The lowest BCUT2D eigenvalue weighted by atomic mass is 10.2. The van der Waals surface area contributed by atoms with E-state index in [0.717, 1.165) is 17.5 Å². The van der Waals surface area contributed by atoms with E-state index in [1.54, 1.807) is 6.07 Å². The van der Waals surface area contributed by atoms with Gasteiger partial charge in [-0.3, -0.25) is 0 Å². The van der Waals surface area contributed by atoms with Gasteiger partial charge in [0, 0.05) is 16.1 Å². The third-order valence-electron chi connectivity index (χ3n) is 3.70. The molecule has 2 N–H and O–H groups in total. The van der Waals surface area contributed by atoms with Crippen molar-refractivity contribution in [1.29, 1.82) is 0 Å². The molecule has 0 bridgehead atoms. The Hall–Kier alpha value is -0.950. The molecule has 6 heteroatoms. The molecule has 1 fully saturated rings. The summed E-state index contributed by atoms with van der Waals surface area (Å²) in [5.74, 6) is 0.451. The normalized spacial score (nSPS) is 17.5. The molecular weight excluding hydrogens is 294 g/mol. The average molecular weight is 311 g/mol. The van der Waals surface area contributed by atoms with Crippen molar-refractivity contribution in [3.63, 3.8) is 0 Å². The molecule has 2 aromatic rings. The molecule has 1 heterocycles. The molecule has 1 aliphatic rings. The summed E-state index contributed by atoms with van der Waals surface area (Å²) < 4.78 is 28.9. The number of aliphatic hydroxyl groups is 1. The van der Waals surface area contributed by atoms with Crippen LogP contribution in [-0.4, -0.2) is 19.6 Å². The van der Waals surface area contributed by atoms with Gasteiger partial charge < -0.3 is 5.11 Å². The van der Waals surface area contributed by atoms with E-state index in [9.17, 15) is 13.5 Å². The topological polar surface area (TPSA) is 66.4 Å². The first kappa shape index (κ1) is 14.0. The predicted molar refractivity (Wildman–Crippen MR) is 80.3 cm³/mol. The van der Waals surface area contributed by atoms with Crippen LogP contribution in [-0.2, 0) is 16.6 Å². The van der Waals surface area contributed by atoms with Gasteiger partial charge in [-0.25, -0.2) is 13.1 Å². The van der Waals surface area contributed by atoms with Crippen LogP contribution in [0.15, 0.2) is 29.2 Å². The number of rotatable bonds is 5. The molecule has 0 aliphatic heterocycles. The largest absolute Gasteiger partial charge is 0.391 e. The molecule has 1 saturated carbocycles. The number of fused-ring (bicyclic) bond motifs is 1. The van der Waals surface area contributed by atoms with Crippen molar-refractivity contribution in [3.8, 4) is 0 Å². The quantitative estimate of drug-likeness (QED) is 0.891. The summed E-state index contributed by atoms with van der Waals surface area (Å²) in [5.41, 5.74) is 0. The molecule has 1 aromatic carbocycles. The Labute approximate surface area is 122 Å². The minimum atomic E-state index is -3.59. The van der Waals surface area contributed by atoms with Crippen molar-refractivity contribution < 1.29 is 13.5 Å². The number of sulfonamides is 1. The molecule has 4 nitrogen and oxygen atoms in total. The summed E-state index contributed by atoms with van der Waals surface area (Å²) in [6.45, 7) is 1.65. The van der Waals surface area contributed by atoms with Gasteiger partial charge in [0.05, 0.1) is 11.5 Å². The maximum absolute atomic E-state index is 12.6. The van der Waals surface area contributed by atoms with E-state index in [4.69, 9.17) is 0 Å². The Kier molecular flexibility index (Phi) is 3.58. The number of nitrogens with one attached hydrogen (secondary N) is 1. The average Bonchev–Trinajstić information content (AvgIpc) is 3.17. The molecule has 0 spiro atoms. The van der Waals surface area contributed by atoms with Crippen LogP contribution in [0.4, 0.5) is 0 Å². The predicted octanol–water partition coefficient (Wildman–Crippen LogP) is 2.47. The van der Waals surface area contributed by atoms with Crippen molar-refractivity contribution in [1.82, 2.24) is 4.72 Å². The van der Waals surface area contributed by atoms with E-state index in [2.05, 4.69) is 4.72 Å². The highest BCUT2D eigenvalue weighted by atomic mass is 32.2. The molecule has 1 aliphatic carbocycles. The number of hydrogen-bond acceptors (Lipinski definition) is 4. The van der Waals surface area contributed by atoms with Gasteiger partial charge in [0.2, 0.25) is 10.0 Å². The third kappa shape index (κ3) is 2.48. The van der Waals surface area contributed by atoms with Gasteiger partial charge in [0.15, 0.2) is 0 Å². The smallest absolute Gasteiger partial charge is 0.242 e. The van der Waals surface area contributed by atoms with Gasteiger partial charge in [-0.2, -0.15) is 0 Å². The summed E-state index contributed by atoms with van der Waals surface area (Å²) in [4.78, 5) is 0.745. The SMILES string of the molecule is CC(NS(=O)(=O)c1c(CO)sc2ccccc12)C1CC1. The van der Waals surface area contributed by atoms with Gasteiger partial charge in [0.25, 0.3) is 0 Å². The molecule has 20 heavy (non-hydrogen) atoms. The zero-order valence-corrected chi connectivity index (χ0v) is 12.8. The Bertz CT molecular complexity index is 732. The van der Waals surface area contributed by atoms with E-state index in [1.165, 1.54) is 11.3 Å². The zero-order valence-electron chi connectivity index (χ0n) is 11.2. The van der Waals surface area contributed by atoms with Crippen LogP contribution in [0.2, 0.25) is 0 Å². The fraction of sp³-hybridized carbons (Fsp3) is 0.429. The second-order valence-corrected chi connectivity index (χ2v) is 8.04. The second-order valence-electron chi connectivity index (χ2n) is 5.26. The van der Waals surface area contributed by atoms with E-state index in [0.29, 0.717) is 16.2 Å². The summed E-state index contributed by atoms with van der Waals surface area (Å²) in [5, 5.41) is 10.1. The van der Waals surface area contributed by atoms with Gasteiger partial charge in [-0.15, -0.1) is 11.3 Å². The molecule has 1 atom stereocenters. The highest BCUT2D eigenvalue weighted by Crippen LogP contribution is 2.37. The number of hydrogen-bond donors (Lipinski definition) is 2. The fourth-order valence-corrected chi connectivity index (χ4v) is 5.58. The summed E-state index contributed by atoms with van der Waals surface area (Å²) in [6, 6.07) is 7.31. The van der Waals surface area contributed by atoms with Crippen LogP contribution < -0.4 is 4.72 Å². The van der Waals surface area contributed by atoms with Crippen LogP contribution in [0, 0.1) is 5.92 Å². The first-order valence-corrected chi connectivity index (χ1v) is 8.96. The maximum atomic E-state index is 12.6. The van der Waals surface area contributed by atoms with Crippen molar-refractivity contribution in [2.24, 2.45) is 5.92 Å². The summed E-state index contributed by atoms with van der Waals surface area (Å²) >= 11 is 1.33. The van der Waals surface area contributed by atoms with E-state index in [-0.39, 0.29) is 17.5 Å². The third-order valence-corrected chi connectivity index (χ3v) is 6.67. The van der Waals surface area contributed by atoms with Crippen molar-refractivity contribution >= 4 is 31.4 Å². The monoisotopic (exact) mass is 311 g/mol. The van der Waals surface area contributed by atoms with Crippen LogP contribution in [0.1, 0.15) is 24.6 Å². The van der Waals surface area contributed by atoms with Crippen LogP contribution in [0.5, 0.6) is 0 Å². The Morgan fingerprint density at radius 3 is 2.75 bits per heavy atom. The van der Waals surface area contributed by atoms with Gasteiger partial charge in [-0.05, 0) is 31.7 Å². The fourth-order valence-electron chi connectivity index (χ4n) is 2.47. The molecule has 0 radical (unpaired) electrons. The highest BCUT2D eigenvalue weighted by molar-refractivity contribution is 7.90. The Balaban J connectivity index is 2.07. The first-order chi connectivity index (χ1) is 9.53. The molecule has 0 amide bonds. The lowest BCUT2D eigenvalue weighted by Gasteiger charge is -2.13. The molecule has 3 rings (SSSR count). The summed E-state index contributed by atoms with van der Waals surface area (Å²) in [6.07, 6.45) is 2.17. The van der Waals surface area contributed by atoms with E-state index in [1.807, 2.05) is 25.1 Å². The number of benzene rings is 1. The second kappa shape index (κ2) is 5.11. The van der Waals surface area contributed by atoms with Gasteiger partial charge in [-0.1, -0.05) is 18.2 Å². The van der Waals surface area contributed by atoms with E-state index >= 15 is 0 Å². The van der Waals surface area contributed by atoms with Crippen molar-refractivity contribution in [2.45, 2.75) is 37.3 Å². The molecule has 1 unspecified atom stereocenters. The van der Waals surface area contributed by atoms with E-state index < -0.39 is 10.0 Å². The minimum absolute atomic E-state index is 0.0507. The first-order valence-electron chi connectivity index (χ1n) is 6.66. The highest BCUT2D eigenvalue weighted by Gasteiger charge is 2.33. The minimum Gasteiger partial charge on any atom is -0.391 e. The van der Waals surface area contributed by atoms with Crippen LogP contribution >= 0.6 is 11.3 Å². The van der Waals surface area contributed by atoms with Gasteiger partial charge >= 0.3 is 0 Å². The standard InChI is InChI=1S/C14H17NO3S2/c1-9(10-6-7-10)15-20(17,18)14-11-4-2-3-5-12(11)19-13(14)8-16/h2-5,9-10,15-16H,6-8H2,1H3. The maximum Gasteiger partial charge on any atom is 0.242 e. The lowest BCUT2D eigenvalue weighted by molar-refractivity contribution is 0.282. The molecule has 0 saturated heterocycles. The molecule has 108 valence electrons. The number of aliphatic hydroxyl groups excluding tert-OH is 1. The molecule has 1 aromatic heterocycles.